The lowest BCUT2D eigenvalue weighted by Crippen LogP contribution is -2.12. The number of hydrogen-bond donors (Lipinski definition) is 3. The van der Waals surface area contributed by atoms with Gasteiger partial charge in [0, 0.05) is 23.6 Å². The highest BCUT2D eigenvalue weighted by Crippen LogP contribution is 2.23. The Morgan fingerprint density at radius 2 is 1.44 bits per heavy atom. The van der Waals surface area contributed by atoms with Crippen LogP contribution in [0.4, 0.5) is 28.8 Å². The first-order valence-corrected chi connectivity index (χ1v) is 11.7. The quantitative estimate of drug-likeness (QED) is 0.355. The molecule has 34 heavy (non-hydrogen) atoms. The number of benzene rings is 2. The van der Waals surface area contributed by atoms with Gasteiger partial charge >= 0.3 is 0 Å². The number of sulfonamides is 1. The van der Waals surface area contributed by atoms with Crippen LogP contribution < -0.4 is 15.4 Å². The Morgan fingerprint density at radius 3 is 2.09 bits per heavy atom. The number of pyridine rings is 1. The molecule has 10 heteroatoms. The van der Waals surface area contributed by atoms with E-state index in [1.54, 1.807) is 43.5 Å². The molecule has 0 atom stereocenters. The van der Waals surface area contributed by atoms with Crippen LogP contribution in [0.2, 0.25) is 0 Å². The smallest absolute Gasteiger partial charge is 0.261 e. The normalized spacial score (nSPS) is 10.9. The maximum Gasteiger partial charge on any atom is 0.261 e. The van der Waals surface area contributed by atoms with Gasteiger partial charge in [0.25, 0.3) is 10.0 Å². The van der Waals surface area contributed by atoms with Crippen molar-refractivity contribution in [1.29, 1.82) is 5.26 Å². The fraction of sp³-hybridized carbons (Fsp3) is 0.0833. The average Bonchev–Trinajstić information content (AvgIpc) is 2.80. The summed E-state index contributed by atoms with van der Waals surface area (Å²) in [6.45, 7) is 3.78. The van der Waals surface area contributed by atoms with Crippen LogP contribution in [0.25, 0.3) is 0 Å². The van der Waals surface area contributed by atoms with Crippen molar-refractivity contribution in [1.82, 2.24) is 15.0 Å². The van der Waals surface area contributed by atoms with Gasteiger partial charge in [0.15, 0.2) is 0 Å². The number of hydrogen-bond acceptors (Lipinski definition) is 8. The van der Waals surface area contributed by atoms with Crippen LogP contribution in [0.5, 0.6) is 0 Å². The molecule has 0 saturated carbocycles. The minimum Gasteiger partial charge on any atom is -0.340 e. The van der Waals surface area contributed by atoms with E-state index in [1.807, 2.05) is 25.1 Å². The summed E-state index contributed by atoms with van der Waals surface area (Å²) >= 11 is 0. The number of nitriles is 1. The average molecular weight is 472 g/mol. The van der Waals surface area contributed by atoms with Crippen LogP contribution in [-0.4, -0.2) is 23.4 Å². The van der Waals surface area contributed by atoms with Crippen LogP contribution >= 0.6 is 0 Å². The number of aryl methyl sites for hydroxylation is 2. The molecule has 170 valence electrons. The minimum atomic E-state index is -3.77. The first kappa shape index (κ1) is 22.7. The van der Waals surface area contributed by atoms with E-state index in [1.165, 1.54) is 24.3 Å². The van der Waals surface area contributed by atoms with E-state index < -0.39 is 10.0 Å². The van der Waals surface area contributed by atoms with Gasteiger partial charge in [-0.15, -0.1) is 0 Å². The molecule has 4 aromatic rings. The van der Waals surface area contributed by atoms with Gasteiger partial charge in [-0.2, -0.15) is 5.26 Å². The lowest BCUT2D eigenvalue weighted by atomic mass is 10.2. The van der Waals surface area contributed by atoms with Gasteiger partial charge in [-0.25, -0.2) is 23.4 Å². The molecule has 0 bridgehead atoms. The molecule has 0 amide bonds. The van der Waals surface area contributed by atoms with Gasteiger partial charge in [-0.1, -0.05) is 0 Å². The monoisotopic (exact) mass is 471 g/mol. The van der Waals surface area contributed by atoms with Crippen LogP contribution in [0.3, 0.4) is 0 Å². The summed E-state index contributed by atoms with van der Waals surface area (Å²) in [6.07, 6.45) is 1.72. The molecular weight excluding hydrogens is 450 g/mol. The third-order valence-electron chi connectivity index (χ3n) is 4.71. The van der Waals surface area contributed by atoms with Crippen molar-refractivity contribution in [2.24, 2.45) is 0 Å². The highest BCUT2D eigenvalue weighted by atomic mass is 32.2. The summed E-state index contributed by atoms with van der Waals surface area (Å²) in [6, 6.07) is 20.0. The van der Waals surface area contributed by atoms with E-state index in [2.05, 4.69) is 30.3 Å². The Morgan fingerprint density at radius 1 is 0.794 bits per heavy atom. The van der Waals surface area contributed by atoms with E-state index in [9.17, 15) is 8.42 Å². The number of anilines is 5. The summed E-state index contributed by atoms with van der Waals surface area (Å²) in [5.41, 5.74) is 2.60. The minimum absolute atomic E-state index is 0.0771. The molecule has 2 heterocycles. The molecule has 0 fully saturated rings. The van der Waals surface area contributed by atoms with E-state index in [-0.39, 0.29) is 4.90 Å². The number of nitrogens with zero attached hydrogens (tertiary/aromatic N) is 4. The van der Waals surface area contributed by atoms with E-state index >= 15 is 0 Å². The maximum atomic E-state index is 12.6. The van der Waals surface area contributed by atoms with Gasteiger partial charge in [0.1, 0.15) is 23.3 Å². The summed E-state index contributed by atoms with van der Waals surface area (Å²) < 4.78 is 27.7. The summed E-state index contributed by atoms with van der Waals surface area (Å²) in [5, 5.41) is 15.2. The molecule has 0 spiro atoms. The molecule has 2 aromatic carbocycles. The third-order valence-corrected chi connectivity index (χ3v) is 6.11. The van der Waals surface area contributed by atoms with Gasteiger partial charge < -0.3 is 10.6 Å². The van der Waals surface area contributed by atoms with Crippen molar-refractivity contribution in [3.63, 3.8) is 0 Å². The standard InChI is InChI=1S/C24H21N7O2S/c1-16-11-12-26-22(13-16)30-24-14-23(27-17(2)28-24)29-19-5-7-20(8-6-19)31-34(32,33)21-9-3-18(15-25)4-10-21/h3-14,31H,1-2H3,(H2,26,27,28,29,30). The second kappa shape index (κ2) is 9.56. The molecular formula is C24H21N7O2S. The number of nitrogens with one attached hydrogen (secondary N) is 3. The van der Waals surface area contributed by atoms with Gasteiger partial charge in [-0.05, 0) is 80.1 Å². The van der Waals surface area contributed by atoms with E-state index in [4.69, 9.17) is 5.26 Å². The number of aromatic nitrogens is 3. The van der Waals surface area contributed by atoms with E-state index in [0.29, 0.717) is 34.5 Å². The number of rotatable bonds is 7. The first-order valence-electron chi connectivity index (χ1n) is 10.3. The molecule has 0 aliphatic carbocycles. The second-order valence-electron chi connectivity index (χ2n) is 7.47. The molecule has 0 saturated heterocycles. The van der Waals surface area contributed by atoms with Crippen LogP contribution in [0.15, 0.2) is 77.8 Å². The van der Waals surface area contributed by atoms with Crippen LogP contribution in [-0.2, 0) is 10.0 Å². The predicted octanol–water partition coefficient (Wildman–Crippen LogP) is 4.65. The van der Waals surface area contributed by atoms with Crippen molar-refractivity contribution >= 4 is 38.9 Å². The summed E-state index contributed by atoms with van der Waals surface area (Å²) in [4.78, 5) is 13.2. The largest absolute Gasteiger partial charge is 0.340 e. The zero-order valence-corrected chi connectivity index (χ0v) is 19.3. The summed E-state index contributed by atoms with van der Waals surface area (Å²) in [7, 11) is -3.77. The fourth-order valence-electron chi connectivity index (χ4n) is 3.12. The SMILES string of the molecule is Cc1ccnc(Nc2cc(Nc3ccc(NS(=O)(=O)c4ccc(C#N)cc4)cc3)nc(C)n2)c1. The first-order chi connectivity index (χ1) is 16.3. The highest BCUT2D eigenvalue weighted by Gasteiger charge is 2.14. The molecule has 9 nitrogen and oxygen atoms in total. The topological polar surface area (TPSA) is 133 Å². The Bertz CT molecular complexity index is 1460. The Kier molecular flexibility index (Phi) is 6.38. The molecule has 0 unspecified atom stereocenters. The molecule has 3 N–H and O–H groups in total. The van der Waals surface area contributed by atoms with E-state index in [0.717, 1.165) is 11.3 Å². The van der Waals surface area contributed by atoms with Gasteiger partial charge in [-0.3, -0.25) is 4.72 Å². The van der Waals surface area contributed by atoms with Crippen molar-refractivity contribution in [3.05, 3.63) is 89.9 Å². The predicted molar refractivity (Wildman–Crippen MR) is 131 cm³/mol. The second-order valence-corrected chi connectivity index (χ2v) is 9.16. The van der Waals surface area contributed by atoms with Crippen molar-refractivity contribution in [2.75, 3.05) is 15.4 Å². The van der Waals surface area contributed by atoms with Crippen LogP contribution in [0.1, 0.15) is 17.0 Å². The van der Waals surface area contributed by atoms with Crippen molar-refractivity contribution < 1.29 is 8.42 Å². The molecule has 0 aliphatic rings. The zero-order valence-electron chi connectivity index (χ0n) is 18.4. The molecule has 2 aromatic heterocycles. The summed E-state index contributed by atoms with van der Waals surface area (Å²) in [5.74, 6) is 2.43. The maximum absolute atomic E-state index is 12.6. The Labute approximate surface area is 197 Å². The lowest BCUT2D eigenvalue weighted by molar-refractivity contribution is 0.601. The van der Waals surface area contributed by atoms with Crippen molar-refractivity contribution in [2.45, 2.75) is 18.7 Å². The molecule has 4 rings (SSSR count). The van der Waals surface area contributed by atoms with Crippen molar-refractivity contribution in [3.8, 4) is 6.07 Å². The third kappa shape index (κ3) is 5.65. The highest BCUT2D eigenvalue weighted by molar-refractivity contribution is 7.92. The lowest BCUT2D eigenvalue weighted by Gasteiger charge is -2.11. The fourth-order valence-corrected chi connectivity index (χ4v) is 4.18. The Balaban J connectivity index is 1.46. The molecule has 0 radical (unpaired) electrons. The van der Waals surface area contributed by atoms with Gasteiger partial charge in [0.05, 0.1) is 16.5 Å². The Hall–Kier alpha value is -4.49. The zero-order chi connectivity index (χ0) is 24.1. The van der Waals surface area contributed by atoms with Gasteiger partial charge in [0.2, 0.25) is 0 Å². The molecule has 0 aliphatic heterocycles. The van der Waals surface area contributed by atoms with Crippen LogP contribution in [0, 0.1) is 25.2 Å².